The van der Waals surface area contributed by atoms with Gasteiger partial charge in [-0.3, -0.25) is 0 Å². The van der Waals surface area contributed by atoms with Crippen molar-refractivity contribution in [3.05, 3.63) is 59.3 Å². The molecule has 0 spiro atoms. The second-order valence-corrected chi connectivity index (χ2v) is 7.91. The van der Waals surface area contributed by atoms with Crippen LogP contribution in [0.2, 0.25) is 0 Å². The fraction of sp³-hybridized carbons (Fsp3) is 0.292. The first-order valence-corrected chi connectivity index (χ1v) is 10.00. The van der Waals surface area contributed by atoms with Crippen LogP contribution in [0.25, 0.3) is 33.1 Å². The van der Waals surface area contributed by atoms with E-state index >= 15 is 0 Å². The standard InChI is InChI=1S/C24H22F2N2O/c1-14-7-8-15(13-21(14)29-24(2,25)26)23-17-6-4-3-5-16(17)22-18-11-12-27-19(18)9-10-20(22)28-23/h7-13,27H,3-6H2,1-2H3. The Morgan fingerprint density at radius 1 is 1.03 bits per heavy atom. The Bertz CT molecular complexity index is 1240. The molecule has 0 saturated heterocycles. The first-order chi connectivity index (χ1) is 13.9. The molecule has 1 N–H and O–H groups in total. The third-order valence-electron chi connectivity index (χ3n) is 5.75. The van der Waals surface area contributed by atoms with E-state index in [0.717, 1.165) is 54.9 Å². The molecule has 5 rings (SSSR count). The minimum absolute atomic E-state index is 0.197. The largest absolute Gasteiger partial charge is 0.432 e. The number of ether oxygens (including phenoxy) is 1. The van der Waals surface area contributed by atoms with Crippen molar-refractivity contribution in [3.63, 3.8) is 0 Å². The Morgan fingerprint density at radius 2 is 1.83 bits per heavy atom. The number of nitrogens with zero attached hydrogens (tertiary/aromatic N) is 1. The Labute approximate surface area is 167 Å². The molecule has 0 fully saturated rings. The number of aryl methyl sites for hydroxylation is 2. The molecule has 5 heteroatoms. The zero-order valence-corrected chi connectivity index (χ0v) is 16.5. The number of alkyl halides is 2. The average molecular weight is 392 g/mol. The molecule has 4 aromatic rings. The molecule has 1 aliphatic rings. The highest BCUT2D eigenvalue weighted by Gasteiger charge is 2.25. The van der Waals surface area contributed by atoms with Gasteiger partial charge < -0.3 is 9.72 Å². The van der Waals surface area contributed by atoms with Gasteiger partial charge in [0, 0.05) is 35.0 Å². The number of benzene rings is 2. The molecular weight excluding hydrogens is 370 g/mol. The zero-order valence-electron chi connectivity index (χ0n) is 16.5. The number of nitrogens with one attached hydrogen (secondary N) is 1. The molecule has 0 amide bonds. The third kappa shape index (κ3) is 3.15. The van der Waals surface area contributed by atoms with Gasteiger partial charge in [-0.1, -0.05) is 12.1 Å². The minimum atomic E-state index is -3.22. The van der Waals surface area contributed by atoms with E-state index in [1.54, 1.807) is 13.0 Å². The molecule has 0 bridgehead atoms. The van der Waals surface area contributed by atoms with Crippen LogP contribution >= 0.6 is 0 Å². The molecule has 0 radical (unpaired) electrons. The van der Waals surface area contributed by atoms with Crippen LogP contribution < -0.4 is 4.74 Å². The average Bonchev–Trinajstić information content (AvgIpc) is 3.17. The lowest BCUT2D eigenvalue weighted by atomic mass is 9.85. The summed E-state index contributed by atoms with van der Waals surface area (Å²) in [5.74, 6) is 0.197. The molecular formula is C24H22F2N2O. The lowest BCUT2D eigenvalue weighted by Gasteiger charge is -2.22. The number of aromatic nitrogens is 2. The monoisotopic (exact) mass is 392 g/mol. The Hall–Kier alpha value is -2.95. The van der Waals surface area contributed by atoms with E-state index in [1.807, 2.05) is 30.5 Å². The van der Waals surface area contributed by atoms with Crippen molar-refractivity contribution in [2.24, 2.45) is 0 Å². The van der Waals surface area contributed by atoms with Gasteiger partial charge in [0.2, 0.25) is 0 Å². The first-order valence-electron chi connectivity index (χ1n) is 10.00. The number of rotatable bonds is 3. The summed E-state index contributed by atoms with van der Waals surface area (Å²) in [4.78, 5) is 8.28. The van der Waals surface area contributed by atoms with Crippen molar-refractivity contribution in [2.75, 3.05) is 0 Å². The lowest BCUT2D eigenvalue weighted by molar-refractivity contribution is -0.159. The molecule has 0 atom stereocenters. The summed E-state index contributed by atoms with van der Waals surface area (Å²) < 4.78 is 31.9. The maximum Gasteiger partial charge on any atom is 0.394 e. The summed E-state index contributed by atoms with van der Waals surface area (Å²) in [6, 6.07) is 11.7. The minimum Gasteiger partial charge on any atom is -0.432 e. The summed E-state index contributed by atoms with van der Waals surface area (Å²) in [5, 5.41) is 2.41. The van der Waals surface area contributed by atoms with E-state index in [2.05, 4.69) is 11.1 Å². The number of hydrogen-bond donors (Lipinski definition) is 1. The van der Waals surface area contributed by atoms with Gasteiger partial charge in [-0.15, -0.1) is 0 Å². The SMILES string of the molecule is Cc1ccc(-c2nc3ccc4[nH]ccc4c3c3c2CCCC3)cc1OC(C)(F)F. The molecule has 0 aliphatic heterocycles. The first kappa shape index (κ1) is 18.1. The number of pyridine rings is 1. The molecule has 0 saturated carbocycles. The van der Waals surface area contributed by atoms with E-state index < -0.39 is 6.11 Å². The third-order valence-corrected chi connectivity index (χ3v) is 5.75. The Morgan fingerprint density at radius 3 is 2.62 bits per heavy atom. The van der Waals surface area contributed by atoms with Crippen molar-refractivity contribution >= 4 is 21.8 Å². The fourth-order valence-electron chi connectivity index (χ4n) is 4.45. The van der Waals surface area contributed by atoms with Gasteiger partial charge in [0.25, 0.3) is 0 Å². The van der Waals surface area contributed by atoms with Crippen LogP contribution in [0.4, 0.5) is 8.78 Å². The quantitative estimate of drug-likeness (QED) is 0.429. The second kappa shape index (κ2) is 6.55. The van der Waals surface area contributed by atoms with Crippen LogP contribution in [0.1, 0.15) is 36.5 Å². The van der Waals surface area contributed by atoms with Crippen LogP contribution in [0.15, 0.2) is 42.6 Å². The molecule has 2 aromatic heterocycles. The highest BCUT2D eigenvalue weighted by atomic mass is 19.3. The van der Waals surface area contributed by atoms with E-state index in [0.29, 0.717) is 5.56 Å². The van der Waals surface area contributed by atoms with Crippen LogP contribution in [-0.2, 0) is 12.8 Å². The van der Waals surface area contributed by atoms with E-state index in [1.165, 1.54) is 21.9 Å². The maximum absolute atomic E-state index is 13.5. The molecule has 2 heterocycles. The Balaban J connectivity index is 1.76. The van der Waals surface area contributed by atoms with Crippen molar-refractivity contribution in [2.45, 2.75) is 45.6 Å². The normalized spacial score (nSPS) is 14.3. The summed E-state index contributed by atoms with van der Waals surface area (Å²) in [6.45, 7) is 2.54. The summed E-state index contributed by atoms with van der Waals surface area (Å²) >= 11 is 0. The van der Waals surface area contributed by atoms with Crippen molar-refractivity contribution in [3.8, 4) is 17.0 Å². The predicted molar refractivity (Wildman–Crippen MR) is 112 cm³/mol. The number of fused-ring (bicyclic) bond motifs is 5. The highest BCUT2D eigenvalue weighted by molar-refractivity contribution is 6.08. The number of halogens is 2. The molecule has 3 nitrogen and oxygen atoms in total. The van der Waals surface area contributed by atoms with Gasteiger partial charge in [-0.2, -0.15) is 8.78 Å². The summed E-state index contributed by atoms with van der Waals surface area (Å²) in [7, 11) is 0. The van der Waals surface area contributed by atoms with Crippen molar-refractivity contribution in [1.82, 2.24) is 9.97 Å². The van der Waals surface area contributed by atoms with E-state index in [9.17, 15) is 8.78 Å². The smallest absolute Gasteiger partial charge is 0.394 e. The predicted octanol–water partition coefficient (Wildman–Crippen LogP) is 6.56. The van der Waals surface area contributed by atoms with Gasteiger partial charge in [0.15, 0.2) is 0 Å². The van der Waals surface area contributed by atoms with Gasteiger partial charge in [-0.05, 0) is 73.6 Å². The number of hydrogen-bond acceptors (Lipinski definition) is 2. The summed E-state index contributed by atoms with van der Waals surface area (Å²) in [6.07, 6.45) is 2.95. The lowest BCUT2D eigenvalue weighted by Crippen LogP contribution is -2.19. The maximum atomic E-state index is 13.5. The van der Waals surface area contributed by atoms with Crippen molar-refractivity contribution < 1.29 is 13.5 Å². The van der Waals surface area contributed by atoms with Crippen molar-refractivity contribution in [1.29, 1.82) is 0 Å². The number of H-pyrrole nitrogens is 1. The second-order valence-electron chi connectivity index (χ2n) is 7.91. The van der Waals surface area contributed by atoms with E-state index in [4.69, 9.17) is 9.72 Å². The topological polar surface area (TPSA) is 37.9 Å². The summed E-state index contributed by atoms with van der Waals surface area (Å²) in [5.41, 5.74) is 7.00. The van der Waals surface area contributed by atoms with E-state index in [-0.39, 0.29) is 5.75 Å². The molecule has 148 valence electrons. The van der Waals surface area contributed by atoms with Gasteiger partial charge in [0.1, 0.15) is 5.75 Å². The fourth-order valence-corrected chi connectivity index (χ4v) is 4.45. The zero-order chi connectivity index (χ0) is 20.2. The molecule has 29 heavy (non-hydrogen) atoms. The van der Waals surface area contributed by atoms with Gasteiger partial charge in [0.05, 0.1) is 11.2 Å². The molecule has 0 unspecified atom stereocenters. The Kier molecular flexibility index (Phi) is 4.09. The van der Waals surface area contributed by atoms with Crippen LogP contribution in [0.3, 0.4) is 0 Å². The van der Waals surface area contributed by atoms with Gasteiger partial charge in [-0.25, -0.2) is 4.98 Å². The highest BCUT2D eigenvalue weighted by Crippen LogP contribution is 2.39. The van der Waals surface area contributed by atoms with Crippen LogP contribution in [0.5, 0.6) is 5.75 Å². The number of aromatic amines is 1. The molecule has 1 aliphatic carbocycles. The van der Waals surface area contributed by atoms with Crippen LogP contribution in [-0.4, -0.2) is 16.1 Å². The van der Waals surface area contributed by atoms with Crippen LogP contribution in [0, 0.1) is 6.92 Å². The molecule has 2 aromatic carbocycles. The van der Waals surface area contributed by atoms with Gasteiger partial charge >= 0.3 is 6.11 Å².